The highest BCUT2D eigenvalue weighted by Gasteiger charge is 2.13. The summed E-state index contributed by atoms with van der Waals surface area (Å²) in [5.74, 6) is 0. The van der Waals surface area contributed by atoms with E-state index in [-0.39, 0.29) is 5.41 Å². The summed E-state index contributed by atoms with van der Waals surface area (Å²) in [6.45, 7) is 12.7. The van der Waals surface area contributed by atoms with Crippen molar-refractivity contribution < 1.29 is 0 Å². The van der Waals surface area contributed by atoms with Crippen molar-refractivity contribution >= 4 is 0 Å². The Labute approximate surface area is 82.2 Å². The molecule has 1 rings (SSSR count). The van der Waals surface area contributed by atoms with Gasteiger partial charge in [0.05, 0.1) is 0 Å². The lowest BCUT2D eigenvalue weighted by atomic mass is 9.88. The molecule has 0 aliphatic rings. The number of pyridine rings is 1. The SMILES string of the molecule is CC.Cc1cncc(C(C)(C)C)c1. The predicted octanol–water partition coefficient (Wildman–Crippen LogP) is 3.71. The van der Waals surface area contributed by atoms with Crippen molar-refractivity contribution in [2.45, 2.75) is 47.0 Å². The van der Waals surface area contributed by atoms with Crippen molar-refractivity contribution in [1.82, 2.24) is 4.98 Å². The topological polar surface area (TPSA) is 12.9 Å². The largest absolute Gasteiger partial charge is 0.264 e. The van der Waals surface area contributed by atoms with Gasteiger partial charge in [-0.3, -0.25) is 4.98 Å². The molecule has 0 amide bonds. The molecule has 1 aromatic rings. The van der Waals surface area contributed by atoms with Crippen LogP contribution in [0.4, 0.5) is 0 Å². The first kappa shape index (κ1) is 12.2. The fourth-order valence-corrected chi connectivity index (χ4v) is 0.965. The van der Waals surface area contributed by atoms with Crippen molar-refractivity contribution in [2.24, 2.45) is 0 Å². The lowest BCUT2D eigenvalue weighted by molar-refractivity contribution is 0.587. The molecule has 0 N–H and O–H groups in total. The molecule has 0 aromatic carbocycles. The average molecular weight is 179 g/mol. The van der Waals surface area contributed by atoms with Crippen molar-refractivity contribution in [1.29, 1.82) is 0 Å². The Hall–Kier alpha value is -0.850. The first-order chi connectivity index (χ1) is 6.00. The van der Waals surface area contributed by atoms with Gasteiger partial charge in [-0.05, 0) is 23.5 Å². The zero-order chi connectivity index (χ0) is 10.5. The molecule has 1 aromatic heterocycles. The fraction of sp³-hybridized carbons (Fsp3) is 0.583. The van der Waals surface area contributed by atoms with Gasteiger partial charge in [0.15, 0.2) is 0 Å². The van der Waals surface area contributed by atoms with E-state index in [1.165, 1.54) is 11.1 Å². The number of aryl methyl sites for hydroxylation is 1. The highest BCUT2D eigenvalue weighted by atomic mass is 14.6. The van der Waals surface area contributed by atoms with Gasteiger partial charge >= 0.3 is 0 Å². The van der Waals surface area contributed by atoms with E-state index in [2.05, 4.69) is 38.7 Å². The molecule has 0 saturated carbocycles. The Kier molecular flexibility index (Phi) is 4.68. The van der Waals surface area contributed by atoms with Gasteiger partial charge in [0, 0.05) is 12.4 Å². The third kappa shape index (κ3) is 4.07. The Morgan fingerprint density at radius 3 is 1.92 bits per heavy atom. The van der Waals surface area contributed by atoms with Crippen LogP contribution >= 0.6 is 0 Å². The van der Waals surface area contributed by atoms with Gasteiger partial charge in [-0.15, -0.1) is 0 Å². The second-order valence-corrected chi connectivity index (χ2v) is 4.00. The standard InChI is InChI=1S/C10H15N.C2H6/c1-8-5-9(7-11-6-8)10(2,3)4;1-2/h5-7H,1-4H3;1-2H3. The highest BCUT2D eigenvalue weighted by molar-refractivity contribution is 5.23. The molecule has 0 saturated heterocycles. The Morgan fingerprint density at radius 1 is 1.08 bits per heavy atom. The summed E-state index contributed by atoms with van der Waals surface area (Å²) < 4.78 is 0. The molecule has 0 fully saturated rings. The smallest absolute Gasteiger partial charge is 0.0305 e. The normalized spacial score (nSPS) is 10.3. The molecule has 0 atom stereocenters. The predicted molar refractivity (Wildman–Crippen MR) is 59.0 cm³/mol. The van der Waals surface area contributed by atoms with Crippen LogP contribution in [-0.4, -0.2) is 4.98 Å². The highest BCUT2D eigenvalue weighted by Crippen LogP contribution is 2.21. The van der Waals surface area contributed by atoms with E-state index in [0.717, 1.165) is 0 Å². The molecule has 74 valence electrons. The van der Waals surface area contributed by atoms with Crippen molar-refractivity contribution in [3.63, 3.8) is 0 Å². The van der Waals surface area contributed by atoms with Crippen LogP contribution in [0.2, 0.25) is 0 Å². The molecular weight excluding hydrogens is 158 g/mol. The van der Waals surface area contributed by atoms with Crippen LogP contribution < -0.4 is 0 Å². The number of nitrogens with zero attached hydrogens (tertiary/aromatic N) is 1. The van der Waals surface area contributed by atoms with Gasteiger partial charge in [0.2, 0.25) is 0 Å². The Bertz CT molecular complexity index is 246. The second-order valence-electron chi connectivity index (χ2n) is 4.00. The maximum absolute atomic E-state index is 4.15. The Morgan fingerprint density at radius 2 is 1.62 bits per heavy atom. The van der Waals surface area contributed by atoms with E-state index in [9.17, 15) is 0 Å². The summed E-state index contributed by atoms with van der Waals surface area (Å²) in [7, 11) is 0. The van der Waals surface area contributed by atoms with Gasteiger partial charge in [0.25, 0.3) is 0 Å². The zero-order valence-corrected chi connectivity index (χ0v) is 9.68. The molecule has 1 heteroatoms. The summed E-state index contributed by atoms with van der Waals surface area (Å²) in [6.07, 6.45) is 3.82. The van der Waals surface area contributed by atoms with Crippen molar-refractivity contribution in [2.75, 3.05) is 0 Å². The van der Waals surface area contributed by atoms with Crippen LogP contribution in [-0.2, 0) is 5.41 Å². The summed E-state index contributed by atoms with van der Waals surface area (Å²) in [6, 6.07) is 2.19. The average Bonchev–Trinajstić information content (AvgIpc) is 2.06. The molecule has 0 unspecified atom stereocenters. The maximum atomic E-state index is 4.15. The van der Waals surface area contributed by atoms with E-state index in [1.54, 1.807) is 0 Å². The molecule has 1 heterocycles. The van der Waals surface area contributed by atoms with Crippen LogP contribution in [0.15, 0.2) is 18.5 Å². The number of hydrogen-bond acceptors (Lipinski definition) is 1. The Balaban J connectivity index is 0.000000671. The minimum atomic E-state index is 0.221. The molecule has 0 spiro atoms. The van der Waals surface area contributed by atoms with E-state index in [1.807, 2.05) is 26.2 Å². The minimum Gasteiger partial charge on any atom is -0.264 e. The minimum absolute atomic E-state index is 0.221. The van der Waals surface area contributed by atoms with Crippen LogP contribution in [0, 0.1) is 6.92 Å². The lowest BCUT2D eigenvalue weighted by Crippen LogP contribution is -2.11. The molecular formula is C12H21N. The molecule has 13 heavy (non-hydrogen) atoms. The third-order valence-corrected chi connectivity index (χ3v) is 1.74. The van der Waals surface area contributed by atoms with Gasteiger partial charge in [-0.25, -0.2) is 0 Å². The summed E-state index contributed by atoms with van der Waals surface area (Å²) in [4.78, 5) is 4.15. The van der Waals surface area contributed by atoms with Gasteiger partial charge in [0.1, 0.15) is 0 Å². The monoisotopic (exact) mass is 179 g/mol. The molecule has 0 aliphatic heterocycles. The molecule has 0 aliphatic carbocycles. The molecule has 0 bridgehead atoms. The van der Waals surface area contributed by atoms with Crippen molar-refractivity contribution in [3.8, 4) is 0 Å². The molecule has 1 nitrogen and oxygen atoms in total. The summed E-state index contributed by atoms with van der Waals surface area (Å²) in [5, 5.41) is 0. The maximum Gasteiger partial charge on any atom is 0.0305 e. The van der Waals surface area contributed by atoms with Crippen LogP contribution in [0.3, 0.4) is 0 Å². The summed E-state index contributed by atoms with van der Waals surface area (Å²) in [5.41, 5.74) is 2.76. The van der Waals surface area contributed by atoms with Gasteiger partial charge in [-0.1, -0.05) is 40.7 Å². The van der Waals surface area contributed by atoms with Crippen LogP contribution in [0.5, 0.6) is 0 Å². The van der Waals surface area contributed by atoms with E-state index in [0.29, 0.717) is 0 Å². The van der Waals surface area contributed by atoms with E-state index >= 15 is 0 Å². The van der Waals surface area contributed by atoms with Crippen LogP contribution in [0.1, 0.15) is 45.7 Å². The van der Waals surface area contributed by atoms with Gasteiger partial charge < -0.3 is 0 Å². The number of aromatic nitrogens is 1. The summed E-state index contributed by atoms with van der Waals surface area (Å²) >= 11 is 0. The number of rotatable bonds is 0. The lowest BCUT2D eigenvalue weighted by Gasteiger charge is -2.18. The first-order valence-electron chi connectivity index (χ1n) is 4.92. The zero-order valence-electron chi connectivity index (χ0n) is 9.68. The van der Waals surface area contributed by atoms with E-state index in [4.69, 9.17) is 0 Å². The number of hydrogen-bond donors (Lipinski definition) is 0. The van der Waals surface area contributed by atoms with Crippen LogP contribution in [0.25, 0.3) is 0 Å². The second kappa shape index (κ2) is 5.00. The fourth-order valence-electron chi connectivity index (χ4n) is 0.965. The molecule has 0 radical (unpaired) electrons. The van der Waals surface area contributed by atoms with E-state index < -0.39 is 0 Å². The quantitative estimate of drug-likeness (QED) is 0.591. The van der Waals surface area contributed by atoms with Gasteiger partial charge in [-0.2, -0.15) is 0 Å². The first-order valence-corrected chi connectivity index (χ1v) is 4.92. The van der Waals surface area contributed by atoms with Crippen molar-refractivity contribution in [3.05, 3.63) is 29.6 Å². The third-order valence-electron chi connectivity index (χ3n) is 1.74.